The third-order valence-electron chi connectivity index (χ3n) is 6.19. The minimum absolute atomic E-state index is 0.0107. The SMILES string of the molecule is O=C(Cc1ccccc1Cl)N1CCN(C(=O)c2nnn3c2CO[C@H](c2ccccc2)C3)CC1. The van der Waals surface area contributed by atoms with Crippen molar-refractivity contribution in [3.8, 4) is 0 Å². The van der Waals surface area contributed by atoms with Gasteiger partial charge in [-0.25, -0.2) is 4.68 Å². The number of nitrogens with zero attached hydrogens (tertiary/aromatic N) is 5. The molecule has 170 valence electrons. The van der Waals surface area contributed by atoms with Crippen LogP contribution in [0.2, 0.25) is 5.02 Å². The van der Waals surface area contributed by atoms with Crippen molar-refractivity contribution in [1.82, 2.24) is 24.8 Å². The minimum Gasteiger partial charge on any atom is -0.365 e. The second-order valence-electron chi connectivity index (χ2n) is 8.22. The average molecular weight is 466 g/mol. The lowest BCUT2D eigenvalue weighted by molar-refractivity contribution is -0.131. The predicted octanol–water partition coefficient (Wildman–Crippen LogP) is 2.73. The Morgan fingerprint density at radius 1 is 0.970 bits per heavy atom. The van der Waals surface area contributed by atoms with Crippen molar-refractivity contribution in [2.75, 3.05) is 26.2 Å². The first-order valence-corrected chi connectivity index (χ1v) is 11.4. The lowest BCUT2D eigenvalue weighted by Crippen LogP contribution is -2.51. The van der Waals surface area contributed by atoms with E-state index in [1.807, 2.05) is 48.5 Å². The van der Waals surface area contributed by atoms with Crippen LogP contribution in [0, 0.1) is 0 Å². The number of rotatable bonds is 4. The maximum Gasteiger partial charge on any atom is 0.276 e. The number of carbonyl (C=O) groups is 2. The van der Waals surface area contributed by atoms with Crippen molar-refractivity contribution >= 4 is 23.4 Å². The normalized spacial score (nSPS) is 18.2. The fraction of sp³-hybridized carbons (Fsp3) is 0.333. The Morgan fingerprint density at radius 2 is 1.67 bits per heavy atom. The zero-order valence-electron chi connectivity index (χ0n) is 18.1. The summed E-state index contributed by atoms with van der Waals surface area (Å²) in [6.45, 7) is 2.66. The first kappa shape index (κ1) is 21.6. The monoisotopic (exact) mass is 465 g/mol. The molecule has 1 aromatic heterocycles. The average Bonchev–Trinajstić information content (AvgIpc) is 3.29. The summed E-state index contributed by atoms with van der Waals surface area (Å²) in [7, 11) is 0. The number of halogens is 1. The maximum atomic E-state index is 13.1. The van der Waals surface area contributed by atoms with Crippen LogP contribution in [-0.4, -0.2) is 62.8 Å². The molecule has 0 N–H and O–H groups in total. The number of aromatic nitrogens is 3. The van der Waals surface area contributed by atoms with Crippen molar-refractivity contribution < 1.29 is 14.3 Å². The Balaban J connectivity index is 1.20. The summed E-state index contributed by atoms with van der Waals surface area (Å²) >= 11 is 6.18. The number of hydrogen-bond donors (Lipinski definition) is 0. The Morgan fingerprint density at radius 3 is 2.42 bits per heavy atom. The molecule has 0 aliphatic carbocycles. The van der Waals surface area contributed by atoms with Crippen LogP contribution in [0.3, 0.4) is 0 Å². The lowest BCUT2D eigenvalue weighted by Gasteiger charge is -2.34. The first-order chi connectivity index (χ1) is 16.1. The zero-order valence-corrected chi connectivity index (χ0v) is 18.8. The van der Waals surface area contributed by atoms with Crippen LogP contribution in [-0.2, 0) is 29.1 Å². The number of amides is 2. The quantitative estimate of drug-likeness (QED) is 0.592. The van der Waals surface area contributed by atoms with Crippen LogP contribution in [0.25, 0.3) is 0 Å². The van der Waals surface area contributed by atoms with E-state index in [1.165, 1.54) is 0 Å². The lowest BCUT2D eigenvalue weighted by atomic mass is 10.1. The van der Waals surface area contributed by atoms with Crippen molar-refractivity contribution in [3.05, 3.63) is 82.1 Å². The van der Waals surface area contributed by atoms with Crippen LogP contribution >= 0.6 is 11.6 Å². The van der Waals surface area contributed by atoms with Crippen LogP contribution in [0.15, 0.2) is 54.6 Å². The van der Waals surface area contributed by atoms with E-state index >= 15 is 0 Å². The van der Waals surface area contributed by atoms with Crippen molar-refractivity contribution in [3.63, 3.8) is 0 Å². The molecule has 2 aliphatic rings. The molecule has 0 saturated carbocycles. The predicted molar refractivity (Wildman–Crippen MR) is 122 cm³/mol. The molecule has 5 rings (SSSR count). The summed E-state index contributed by atoms with van der Waals surface area (Å²) in [5.74, 6) is -0.159. The van der Waals surface area contributed by atoms with Crippen LogP contribution < -0.4 is 0 Å². The third kappa shape index (κ3) is 4.49. The maximum absolute atomic E-state index is 13.1. The van der Waals surface area contributed by atoms with E-state index in [4.69, 9.17) is 16.3 Å². The molecule has 33 heavy (non-hydrogen) atoms. The fourth-order valence-corrected chi connectivity index (χ4v) is 4.47. The fourth-order valence-electron chi connectivity index (χ4n) is 4.27. The Bertz CT molecular complexity index is 1160. The van der Waals surface area contributed by atoms with Gasteiger partial charge in [0.15, 0.2) is 5.69 Å². The molecule has 1 saturated heterocycles. The first-order valence-electron chi connectivity index (χ1n) is 11.0. The van der Waals surface area contributed by atoms with Gasteiger partial charge in [-0.1, -0.05) is 65.3 Å². The van der Waals surface area contributed by atoms with Gasteiger partial charge in [0.1, 0.15) is 6.10 Å². The third-order valence-corrected chi connectivity index (χ3v) is 6.56. The molecular weight excluding hydrogens is 442 g/mol. The summed E-state index contributed by atoms with van der Waals surface area (Å²) in [5.41, 5.74) is 2.91. The highest BCUT2D eigenvalue weighted by Gasteiger charge is 2.32. The van der Waals surface area contributed by atoms with Crippen LogP contribution in [0.5, 0.6) is 0 Å². The molecule has 2 amide bonds. The zero-order chi connectivity index (χ0) is 22.8. The van der Waals surface area contributed by atoms with Gasteiger partial charge in [-0.2, -0.15) is 0 Å². The standard InChI is InChI=1S/C24H24ClN5O3/c25-19-9-5-4-8-18(19)14-22(31)28-10-12-29(13-11-28)24(32)23-20-16-33-21(15-30(20)27-26-23)17-6-2-1-3-7-17/h1-9,21H,10-16H2/t21-/m0/s1. The van der Waals surface area contributed by atoms with Crippen molar-refractivity contribution in [1.29, 1.82) is 0 Å². The number of benzene rings is 2. The van der Waals surface area contributed by atoms with Gasteiger partial charge in [0.25, 0.3) is 5.91 Å². The van der Waals surface area contributed by atoms with Crippen molar-refractivity contribution in [2.24, 2.45) is 0 Å². The highest BCUT2D eigenvalue weighted by atomic mass is 35.5. The number of piperazine rings is 1. The molecule has 2 aromatic carbocycles. The van der Waals surface area contributed by atoms with Crippen LogP contribution in [0.1, 0.15) is 33.4 Å². The van der Waals surface area contributed by atoms with Crippen LogP contribution in [0.4, 0.5) is 0 Å². The Kier molecular flexibility index (Phi) is 6.11. The van der Waals surface area contributed by atoms with E-state index in [2.05, 4.69) is 10.3 Å². The summed E-state index contributed by atoms with van der Waals surface area (Å²) in [4.78, 5) is 29.3. The van der Waals surface area contributed by atoms with Gasteiger partial charge in [-0.05, 0) is 17.2 Å². The number of fused-ring (bicyclic) bond motifs is 1. The molecule has 9 heteroatoms. The molecule has 3 heterocycles. The number of hydrogen-bond acceptors (Lipinski definition) is 5. The number of carbonyl (C=O) groups excluding carboxylic acids is 2. The van der Waals surface area contributed by atoms with E-state index < -0.39 is 0 Å². The van der Waals surface area contributed by atoms with Gasteiger partial charge in [0.05, 0.1) is 25.3 Å². The molecule has 0 bridgehead atoms. The van der Waals surface area contributed by atoms with Crippen molar-refractivity contribution in [2.45, 2.75) is 25.7 Å². The number of ether oxygens (including phenoxy) is 1. The van der Waals surface area contributed by atoms with Gasteiger partial charge >= 0.3 is 0 Å². The summed E-state index contributed by atoms with van der Waals surface area (Å²) in [6, 6.07) is 17.3. The molecule has 1 fully saturated rings. The second-order valence-corrected chi connectivity index (χ2v) is 8.63. The molecule has 2 aliphatic heterocycles. The van der Waals surface area contributed by atoms with Gasteiger partial charge in [-0.15, -0.1) is 5.10 Å². The van der Waals surface area contributed by atoms with E-state index in [1.54, 1.807) is 20.5 Å². The van der Waals surface area contributed by atoms with E-state index in [9.17, 15) is 9.59 Å². The summed E-state index contributed by atoms with van der Waals surface area (Å²) in [6.07, 6.45) is 0.141. The van der Waals surface area contributed by atoms with Gasteiger partial charge in [-0.3, -0.25) is 9.59 Å². The second kappa shape index (κ2) is 9.33. The van der Waals surface area contributed by atoms with E-state index in [-0.39, 0.29) is 30.9 Å². The smallest absolute Gasteiger partial charge is 0.276 e. The summed E-state index contributed by atoms with van der Waals surface area (Å²) < 4.78 is 7.77. The van der Waals surface area contributed by atoms with E-state index in [0.717, 1.165) is 11.1 Å². The highest BCUT2D eigenvalue weighted by Crippen LogP contribution is 2.27. The molecule has 0 radical (unpaired) electrons. The topological polar surface area (TPSA) is 80.6 Å². The Labute approximate surface area is 196 Å². The van der Waals surface area contributed by atoms with Gasteiger partial charge < -0.3 is 14.5 Å². The van der Waals surface area contributed by atoms with Gasteiger partial charge in [0, 0.05) is 31.2 Å². The summed E-state index contributed by atoms with van der Waals surface area (Å²) in [5, 5.41) is 8.97. The minimum atomic E-state index is -0.170. The Hall–Kier alpha value is -3.23. The molecule has 1 atom stereocenters. The molecule has 0 spiro atoms. The van der Waals surface area contributed by atoms with E-state index in [0.29, 0.717) is 49.1 Å². The molecule has 8 nitrogen and oxygen atoms in total. The van der Waals surface area contributed by atoms with Gasteiger partial charge in [0.2, 0.25) is 5.91 Å². The largest absolute Gasteiger partial charge is 0.365 e. The highest BCUT2D eigenvalue weighted by molar-refractivity contribution is 6.31. The molecule has 0 unspecified atom stereocenters. The molecule has 3 aromatic rings. The molecular formula is C24H24ClN5O3.